The van der Waals surface area contributed by atoms with Crippen molar-refractivity contribution >= 4 is 0 Å². The van der Waals surface area contributed by atoms with E-state index in [2.05, 4.69) is 19.1 Å². The van der Waals surface area contributed by atoms with E-state index >= 15 is 0 Å². The first-order chi connectivity index (χ1) is 14.3. The number of rotatable bonds is 2. The highest BCUT2D eigenvalue weighted by Crippen LogP contribution is 2.50. The Morgan fingerprint density at radius 1 is 0.967 bits per heavy atom. The van der Waals surface area contributed by atoms with Crippen molar-refractivity contribution in [2.75, 3.05) is 0 Å². The van der Waals surface area contributed by atoms with Crippen LogP contribution in [0.15, 0.2) is 24.3 Å². The Labute approximate surface area is 176 Å². The molecule has 6 heteroatoms. The molecule has 0 bridgehead atoms. The van der Waals surface area contributed by atoms with E-state index in [1.54, 1.807) is 6.07 Å². The number of piperidine rings is 1. The predicted molar refractivity (Wildman–Crippen MR) is 106 cm³/mol. The van der Waals surface area contributed by atoms with Crippen LogP contribution in [0.2, 0.25) is 0 Å². The second-order valence-corrected chi connectivity index (χ2v) is 9.54. The average Bonchev–Trinajstić information content (AvgIpc) is 2.76. The Balaban J connectivity index is 1.88. The van der Waals surface area contributed by atoms with Crippen molar-refractivity contribution in [3.8, 4) is 12.1 Å². The van der Waals surface area contributed by atoms with Gasteiger partial charge in [0.2, 0.25) is 0 Å². The molecule has 0 radical (unpaired) electrons. The minimum Gasteiger partial charge on any atom is -0.297 e. The van der Waals surface area contributed by atoms with Gasteiger partial charge < -0.3 is 0 Å². The van der Waals surface area contributed by atoms with Crippen molar-refractivity contribution in [3.63, 3.8) is 0 Å². The Morgan fingerprint density at radius 3 is 2.00 bits per heavy atom. The molecule has 3 fully saturated rings. The number of benzene rings is 1. The number of quaternary nitrogens is 1. The van der Waals surface area contributed by atoms with Gasteiger partial charge in [0.05, 0.1) is 5.56 Å². The molecule has 0 aromatic heterocycles. The third kappa shape index (κ3) is 3.04. The summed E-state index contributed by atoms with van der Waals surface area (Å²) in [6.07, 6.45) is 2.64. The molecule has 1 aromatic carbocycles. The SMILES string of the molecule is CC1[C@H]2CCCC[C@@]2(C#N)[NH+](Cc2ccccc2C(F)(F)F)[C@@]2(C#N)CCCC[C@@H]12. The lowest BCUT2D eigenvalue weighted by molar-refractivity contribution is -1.01. The summed E-state index contributed by atoms with van der Waals surface area (Å²) in [6, 6.07) is 10.9. The third-order valence-electron chi connectivity index (χ3n) is 8.37. The number of likely N-dealkylation sites (tertiary alicyclic amines) is 1. The van der Waals surface area contributed by atoms with Crippen LogP contribution in [0.5, 0.6) is 0 Å². The summed E-state index contributed by atoms with van der Waals surface area (Å²) in [4.78, 5) is 0.796. The summed E-state index contributed by atoms with van der Waals surface area (Å²) in [5.74, 6) is 0.509. The summed E-state index contributed by atoms with van der Waals surface area (Å²) in [6.45, 7) is 2.26. The molecule has 0 spiro atoms. The van der Waals surface area contributed by atoms with Gasteiger partial charge in [0, 0.05) is 30.2 Å². The second-order valence-electron chi connectivity index (χ2n) is 9.54. The zero-order valence-electron chi connectivity index (χ0n) is 17.4. The number of halogens is 3. The monoisotopic (exact) mass is 416 g/mol. The highest BCUT2D eigenvalue weighted by molar-refractivity contribution is 5.30. The highest BCUT2D eigenvalue weighted by Gasteiger charge is 2.68. The van der Waals surface area contributed by atoms with Crippen LogP contribution in [-0.4, -0.2) is 11.1 Å². The molecule has 1 N–H and O–H groups in total. The van der Waals surface area contributed by atoms with Crippen LogP contribution in [0.1, 0.15) is 69.4 Å². The predicted octanol–water partition coefficient (Wildman–Crippen LogP) is 4.65. The van der Waals surface area contributed by atoms with Gasteiger partial charge in [0.25, 0.3) is 0 Å². The summed E-state index contributed by atoms with van der Waals surface area (Å²) in [5.41, 5.74) is -2.02. The summed E-state index contributed by atoms with van der Waals surface area (Å²) >= 11 is 0. The van der Waals surface area contributed by atoms with Crippen LogP contribution < -0.4 is 4.90 Å². The number of fused-ring (bicyclic) bond motifs is 2. The Morgan fingerprint density at radius 2 is 1.50 bits per heavy atom. The number of hydrogen-bond acceptors (Lipinski definition) is 2. The van der Waals surface area contributed by atoms with Gasteiger partial charge in [-0.2, -0.15) is 23.7 Å². The largest absolute Gasteiger partial charge is 0.416 e. The van der Waals surface area contributed by atoms with Gasteiger partial charge in [0.15, 0.2) is 11.1 Å². The number of nitrogens with one attached hydrogen (secondary N) is 1. The van der Waals surface area contributed by atoms with Crippen LogP contribution in [0, 0.1) is 40.4 Å². The van der Waals surface area contributed by atoms with E-state index in [1.807, 2.05) is 0 Å². The fourth-order valence-electron chi connectivity index (χ4n) is 7.12. The molecule has 0 amide bonds. The van der Waals surface area contributed by atoms with Crippen molar-refractivity contribution in [2.45, 2.75) is 82.1 Å². The molecule has 3 aliphatic rings. The molecule has 1 aliphatic heterocycles. The minimum absolute atomic E-state index is 0.0799. The van der Waals surface area contributed by atoms with E-state index in [1.165, 1.54) is 12.1 Å². The van der Waals surface area contributed by atoms with Crippen molar-refractivity contribution in [3.05, 3.63) is 35.4 Å². The van der Waals surface area contributed by atoms with Gasteiger partial charge in [-0.15, -0.1) is 0 Å². The normalized spacial score (nSPS) is 38.6. The van der Waals surface area contributed by atoms with Gasteiger partial charge in [-0.05, 0) is 37.7 Å². The molecular weight excluding hydrogens is 387 g/mol. The lowest BCUT2D eigenvalue weighted by Gasteiger charge is -2.61. The van der Waals surface area contributed by atoms with Crippen LogP contribution >= 0.6 is 0 Å². The second kappa shape index (κ2) is 7.57. The maximum atomic E-state index is 13.7. The summed E-state index contributed by atoms with van der Waals surface area (Å²) in [5, 5.41) is 20.9. The standard InChI is InChI=1S/C24H28F3N3/c1-17-19-9-4-6-12-22(19,15-28)30(23(16-29)13-7-5-10-20(17)23)14-18-8-2-3-11-21(18)24(25,26)27/h2-3,8,11,17,19-20H,4-7,9-10,12-14H2,1H3/p+1/t17?,19-,20+,22+,23-. The summed E-state index contributed by atoms with van der Waals surface area (Å²) in [7, 11) is 0. The first-order valence-electron chi connectivity index (χ1n) is 11.1. The smallest absolute Gasteiger partial charge is 0.297 e. The number of nitrogens with zero attached hydrogens (tertiary/aromatic N) is 2. The molecule has 2 unspecified atom stereocenters. The van der Waals surface area contributed by atoms with Crippen LogP contribution in [0.4, 0.5) is 13.2 Å². The van der Waals surface area contributed by atoms with Crippen LogP contribution in [-0.2, 0) is 12.7 Å². The number of hydrogen-bond donors (Lipinski definition) is 1. The fourth-order valence-corrected chi connectivity index (χ4v) is 7.12. The van der Waals surface area contributed by atoms with Crippen LogP contribution in [0.3, 0.4) is 0 Å². The number of nitriles is 2. The van der Waals surface area contributed by atoms with Crippen molar-refractivity contribution in [2.24, 2.45) is 17.8 Å². The van der Waals surface area contributed by atoms with Crippen molar-refractivity contribution in [1.82, 2.24) is 0 Å². The quantitative estimate of drug-likeness (QED) is 0.763. The van der Waals surface area contributed by atoms with Crippen molar-refractivity contribution < 1.29 is 18.1 Å². The van der Waals surface area contributed by atoms with Gasteiger partial charge >= 0.3 is 6.18 Å². The van der Waals surface area contributed by atoms with E-state index in [9.17, 15) is 23.7 Å². The minimum atomic E-state index is -4.45. The molecule has 1 heterocycles. The molecule has 1 aromatic rings. The van der Waals surface area contributed by atoms with Gasteiger partial charge in [-0.3, -0.25) is 4.90 Å². The summed E-state index contributed by atoms with van der Waals surface area (Å²) < 4.78 is 41.2. The van der Waals surface area contributed by atoms with Crippen molar-refractivity contribution in [1.29, 1.82) is 10.5 Å². The van der Waals surface area contributed by atoms with E-state index in [-0.39, 0.29) is 29.9 Å². The zero-order chi connectivity index (χ0) is 21.6. The molecule has 160 valence electrons. The first-order valence-corrected chi connectivity index (χ1v) is 11.1. The maximum Gasteiger partial charge on any atom is 0.416 e. The molecule has 2 aliphatic carbocycles. The molecule has 2 saturated carbocycles. The van der Waals surface area contributed by atoms with Gasteiger partial charge in [-0.1, -0.05) is 38.0 Å². The average molecular weight is 417 g/mol. The molecule has 1 saturated heterocycles. The Hall–Kier alpha value is -2.05. The van der Waals surface area contributed by atoms with E-state index in [0.717, 1.165) is 49.5 Å². The van der Waals surface area contributed by atoms with E-state index < -0.39 is 22.8 Å². The molecular formula is C24H29F3N3+. The lowest BCUT2D eigenvalue weighted by atomic mass is 9.52. The molecule has 4 rings (SSSR count). The topological polar surface area (TPSA) is 52.0 Å². The Bertz CT molecular complexity index is 841. The molecule has 3 nitrogen and oxygen atoms in total. The fraction of sp³-hybridized carbons (Fsp3) is 0.667. The third-order valence-corrected chi connectivity index (χ3v) is 8.37. The highest BCUT2D eigenvalue weighted by atomic mass is 19.4. The first kappa shape index (κ1) is 21.2. The van der Waals surface area contributed by atoms with E-state index in [0.29, 0.717) is 12.8 Å². The maximum absolute atomic E-state index is 13.7. The van der Waals surface area contributed by atoms with Gasteiger partial charge in [-0.25, -0.2) is 0 Å². The molecule has 30 heavy (non-hydrogen) atoms. The van der Waals surface area contributed by atoms with Gasteiger partial charge in [0.1, 0.15) is 18.7 Å². The lowest BCUT2D eigenvalue weighted by Crippen LogP contribution is -3.29. The van der Waals surface area contributed by atoms with E-state index in [4.69, 9.17) is 0 Å². The Kier molecular flexibility index (Phi) is 5.35. The van der Waals surface area contributed by atoms with Crippen LogP contribution in [0.25, 0.3) is 0 Å². The molecule has 6 atom stereocenters. The zero-order valence-corrected chi connectivity index (χ0v) is 17.4. The number of alkyl halides is 3.